The van der Waals surface area contributed by atoms with Crippen molar-refractivity contribution in [2.75, 3.05) is 6.54 Å². The Morgan fingerprint density at radius 1 is 1.08 bits per heavy atom. The second kappa shape index (κ2) is 6.42. The van der Waals surface area contributed by atoms with Gasteiger partial charge in [0, 0.05) is 0 Å². The first-order valence-electron chi connectivity index (χ1n) is 8.87. The number of nitriles is 1. The lowest BCUT2D eigenvalue weighted by molar-refractivity contribution is -0.136. The third-order valence-electron chi connectivity index (χ3n) is 5.55. The molecule has 0 aromatic rings. The Bertz CT molecular complexity index is 583. The average Bonchev–Trinajstić information content (AvgIpc) is 2.80. The number of amides is 4. The Morgan fingerprint density at radius 3 is 2.25 bits per heavy atom. The van der Waals surface area contributed by atoms with Crippen LogP contribution in [0.15, 0.2) is 0 Å². The maximum absolute atomic E-state index is 12.7. The van der Waals surface area contributed by atoms with Gasteiger partial charge in [-0.2, -0.15) is 5.26 Å². The maximum atomic E-state index is 12.7. The van der Waals surface area contributed by atoms with Gasteiger partial charge >= 0.3 is 6.03 Å². The molecular formula is C17H24N4O3. The number of imide groups is 1. The van der Waals surface area contributed by atoms with Crippen LogP contribution in [0.5, 0.6) is 0 Å². The van der Waals surface area contributed by atoms with Crippen LogP contribution in [0.2, 0.25) is 0 Å². The van der Waals surface area contributed by atoms with Crippen LogP contribution in [0.1, 0.15) is 64.2 Å². The summed E-state index contributed by atoms with van der Waals surface area (Å²) in [5.74, 6) is -0.730. The molecule has 1 saturated heterocycles. The highest BCUT2D eigenvalue weighted by molar-refractivity contribution is 6.09. The van der Waals surface area contributed by atoms with E-state index < -0.39 is 23.0 Å². The highest BCUT2D eigenvalue weighted by Crippen LogP contribution is 2.33. The van der Waals surface area contributed by atoms with Crippen molar-refractivity contribution in [1.29, 1.82) is 5.26 Å². The molecule has 0 atom stereocenters. The number of rotatable bonds is 3. The van der Waals surface area contributed by atoms with Gasteiger partial charge < -0.3 is 10.6 Å². The SMILES string of the molecule is N#CC1(NC(=O)CN2C(=O)NC3(CCCCC3)C2=O)CCCCC1. The Hall–Kier alpha value is -2.10. The van der Waals surface area contributed by atoms with Crippen LogP contribution in [-0.4, -0.2) is 40.4 Å². The van der Waals surface area contributed by atoms with Crippen molar-refractivity contribution in [1.82, 2.24) is 15.5 Å². The Balaban J connectivity index is 1.65. The first-order chi connectivity index (χ1) is 11.5. The monoisotopic (exact) mass is 332 g/mol. The molecular weight excluding hydrogens is 308 g/mol. The van der Waals surface area contributed by atoms with E-state index in [-0.39, 0.29) is 12.5 Å². The van der Waals surface area contributed by atoms with Crippen molar-refractivity contribution in [2.24, 2.45) is 0 Å². The number of nitrogens with one attached hydrogen (secondary N) is 2. The lowest BCUT2D eigenvalue weighted by Gasteiger charge is -2.32. The minimum absolute atomic E-state index is 0.294. The number of nitrogens with zero attached hydrogens (tertiary/aromatic N) is 2. The van der Waals surface area contributed by atoms with Crippen LogP contribution in [-0.2, 0) is 9.59 Å². The van der Waals surface area contributed by atoms with E-state index in [0.29, 0.717) is 25.7 Å². The van der Waals surface area contributed by atoms with Gasteiger partial charge in [-0.05, 0) is 25.7 Å². The van der Waals surface area contributed by atoms with Crippen molar-refractivity contribution in [3.8, 4) is 6.07 Å². The quantitative estimate of drug-likeness (QED) is 0.766. The summed E-state index contributed by atoms with van der Waals surface area (Å²) in [6.07, 6.45) is 8.27. The van der Waals surface area contributed by atoms with Gasteiger partial charge in [-0.15, -0.1) is 0 Å². The molecule has 2 N–H and O–H groups in total. The predicted molar refractivity (Wildman–Crippen MR) is 85.6 cm³/mol. The molecule has 4 amide bonds. The first kappa shape index (κ1) is 16.7. The van der Waals surface area contributed by atoms with E-state index in [1.807, 2.05) is 0 Å². The molecule has 3 fully saturated rings. The van der Waals surface area contributed by atoms with Gasteiger partial charge in [-0.25, -0.2) is 4.79 Å². The number of hydrogen-bond acceptors (Lipinski definition) is 4. The lowest BCUT2D eigenvalue weighted by atomic mass is 9.81. The Morgan fingerprint density at radius 2 is 1.67 bits per heavy atom. The Kier molecular flexibility index (Phi) is 4.48. The highest BCUT2D eigenvalue weighted by atomic mass is 16.2. The van der Waals surface area contributed by atoms with Gasteiger partial charge in [-0.3, -0.25) is 14.5 Å². The van der Waals surface area contributed by atoms with E-state index in [1.165, 1.54) is 0 Å². The van der Waals surface area contributed by atoms with Crippen LogP contribution in [0.25, 0.3) is 0 Å². The number of carbonyl (C=O) groups is 3. The number of urea groups is 1. The molecule has 1 aliphatic heterocycles. The zero-order valence-electron chi connectivity index (χ0n) is 13.9. The fourth-order valence-electron chi connectivity index (χ4n) is 4.18. The molecule has 0 aromatic heterocycles. The van der Waals surface area contributed by atoms with Crippen LogP contribution in [0.4, 0.5) is 4.79 Å². The first-order valence-corrected chi connectivity index (χ1v) is 8.87. The van der Waals surface area contributed by atoms with E-state index in [4.69, 9.17) is 0 Å². The van der Waals surface area contributed by atoms with Gasteiger partial charge in [-0.1, -0.05) is 38.5 Å². The summed E-state index contributed by atoms with van der Waals surface area (Å²) in [6.45, 7) is -0.310. The molecule has 0 radical (unpaired) electrons. The molecule has 0 unspecified atom stereocenters. The summed E-state index contributed by atoms with van der Waals surface area (Å²) >= 11 is 0. The summed E-state index contributed by atoms with van der Waals surface area (Å²) in [6, 6.07) is 1.72. The van der Waals surface area contributed by atoms with E-state index in [1.54, 1.807) is 0 Å². The molecule has 24 heavy (non-hydrogen) atoms. The zero-order chi connectivity index (χ0) is 17.2. The standard InChI is InChI=1S/C17H24N4O3/c18-12-16(7-3-1-4-8-16)19-13(22)11-21-14(23)17(20-15(21)24)9-5-2-6-10-17/h1-11H2,(H,19,22)(H,20,24). The minimum Gasteiger partial charge on any atom is -0.336 e. The van der Waals surface area contributed by atoms with Crippen LogP contribution in [0.3, 0.4) is 0 Å². The van der Waals surface area contributed by atoms with Gasteiger partial charge in [0.05, 0.1) is 6.07 Å². The molecule has 2 saturated carbocycles. The molecule has 7 nitrogen and oxygen atoms in total. The van der Waals surface area contributed by atoms with Gasteiger partial charge in [0.2, 0.25) is 5.91 Å². The molecule has 1 heterocycles. The molecule has 1 spiro atoms. The summed E-state index contributed by atoms with van der Waals surface area (Å²) in [4.78, 5) is 38.2. The number of carbonyl (C=O) groups excluding carboxylic acids is 3. The van der Waals surface area contributed by atoms with E-state index in [0.717, 1.165) is 43.4 Å². The van der Waals surface area contributed by atoms with Crippen molar-refractivity contribution in [3.63, 3.8) is 0 Å². The van der Waals surface area contributed by atoms with E-state index >= 15 is 0 Å². The Labute approximate surface area is 141 Å². The van der Waals surface area contributed by atoms with E-state index in [9.17, 15) is 19.6 Å². The molecule has 3 rings (SSSR count). The normalized spacial score (nSPS) is 25.2. The van der Waals surface area contributed by atoms with Crippen LogP contribution >= 0.6 is 0 Å². The molecule has 0 bridgehead atoms. The fourth-order valence-corrected chi connectivity index (χ4v) is 4.18. The summed E-state index contributed by atoms with van der Waals surface area (Å²) in [5, 5.41) is 15.0. The topological polar surface area (TPSA) is 102 Å². The molecule has 7 heteroatoms. The van der Waals surface area contributed by atoms with Crippen LogP contribution < -0.4 is 10.6 Å². The third-order valence-corrected chi connectivity index (χ3v) is 5.55. The average molecular weight is 332 g/mol. The lowest BCUT2D eigenvalue weighted by Crippen LogP contribution is -2.53. The predicted octanol–water partition coefficient (Wildman–Crippen LogP) is 1.58. The zero-order valence-corrected chi connectivity index (χ0v) is 13.9. The van der Waals surface area contributed by atoms with Crippen LogP contribution in [0, 0.1) is 11.3 Å². The molecule has 3 aliphatic rings. The second-order valence-electron chi connectivity index (χ2n) is 7.27. The maximum Gasteiger partial charge on any atom is 0.325 e. The van der Waals surface area contributed by atoms with Crippen molar-refractivity contribution < 1.29 is 14.4 Å². The fraction of sp³-hybridized carbons (Fsp3) is 0.765. The molecule has 2 aliphatic carbocycles. The molecule has 0 aromatic carbocycles. The second-order valence-corrected chi connectivity index (χ2v) is 7.27. The largest absolute Gasteiger partial charge is 0.336 e. The molecule has 130 valence electrons. The van der Waals surface area contributed by atoms with Gasteiger partial charge in [0.1, 0.15) is 17.6 Å². The van der Waals surface area contributed by atoms with E-state index in [2.05, 4.69) is 16.7 Å². The van der Waals surface area contributed by atoms with Crippen molar-refractivity contribution in [3.05, 3.63) is 0 Å². The highest BCUT2D eigenvalue weighted by Gasteiger charge is 2.51. The van der Waals surface area contributed by atoms with Crippen molar-refractivity contribution in [2.45, 2.75) is 75.3 Å². The minimum atomic E-state index is -0.850. The van der Waals surface area contributed by atoms with Gasteiger partial charge in [0.15, 0.2) is 0 Å². The smallest absolute Gasteiger partial charge is 0.325 e. The summed E-state index contributed by atoms with van der Waals surface area (Å²) in [5.41, 5.74) is -1.66. The third kappa shape index (κ3) is 2.97. The van der Waals surface area contributed by atoms with Crippen molar-refractivity contribution >= 4 is 17.8 Å². The number of hydrogen-bond donors (Lipinski definition) is 2. The summed E-state index contributed by atoms with van der Waals surface area (Å²) < 4.78 is 0. The van der Waals surface area contributed by atoms with Gasteiger partial charge in [0.25, 0.3) is 5.91 Å². The summed E-state index contributed by atoms with van der Waals surface area (Å²) in [7, 11) is 0.